The fourth-order valence-electron chi connectivity index (χ4n) is 2.24. The predicted molar refractivity (Wildman–Crippen MR) is 87.3 cm³/mol. The molecule has 166 valence electrons. The number of benzene rings is 1. The summed E-state index contributed by atoms with van der Waals surface area (Å²) in [5.74, 6) is -25.2. The molecule has 0 atom stereocenters. The van der Waals surface area contributed by atoms with Crippen molar-refractivity contribution in [2.24, 2.45) is 0 Å². The molecule has 0 aliphatic heterocycles. The maximum atomic E-state index is 13.8. The summed E-state index contributed by atoms with van der Waals surface area (Å²) in [6, 6.07) is 5.48. The Kier molecular flexibility index (Phi) is 6.05. The molecule has 2 aromatic rings. The van der Waals surface area contributed by atoms with Crippen molar-refractivity contribution in [2.45, 2.75) is 30.9 Å². The van der Waals surface area contributed by atoms with Gasteiger partial charge in [-0.15, -0.1) is 11.3 Å². The van der Waals surface area contributed by atoms with E-state index >= 15 is 0 Å². The number of carbonyl (C=O) groups excluding carboxylic acids is 2. The minimum atomic E-state index is -7.22. The van der Waals surface area contributed by atoms with Crippen LogP contribution < -0.4 is 5.32 Å². The van der Waals surface area contributed by atoms with Crippen molar-refractivity contribution in [1.29, 1.82) is 0 Å². The predicted octanol–water partition coefficient (Wildman–Crippen LogP) is 5.48. The number of amides is 1. The second kappa shape index (κ2) is 7.63. The van der Waals surface area contributed by atoms with Gasteiger partial charge in [0, 0.05) is 10.1 Å². The molecule has 4 nitrogen and oxygen atoms in total. The summed E-state index contributed by atoms with van der Waals surface area (Å²) in [5, 5.41) is 0.419. The lowest BCUT2D eigenvalue weighted by Crippen LogP contribution is -2.64. The van der Waals surface area contributed by atoms with Gasteiger partial charge in [0.15, 0.2) is 0 Å². The van der Waals surface area contributed by atoms with Crippen LogP contribution in [0, 0.1) is 0 Å². The molecule has 0 radical (unpaired) electrons. The molecule has 1 amide bonds. The summed E-state index contributed by atoms with van der Waals surface area (Å²) in [4.78, 5) is 23.8. The van der Waals surface area contributed by atoms with E-state index in [4.69, 9.17) is 0 Å². The number of halogens is 9. The molecule has 0 aliphatic rings. The molecule has 0 saturated carbocycles. The molecule has 1 N–H and O–H groups in total. The molecule has 1 aromatic heterocycles. The fourth-order valence-corrected chi connectivity index (χ4v) is 3.32. The smallest absolute Gasteiger partial charge is 0.460 e. The van der Waals surface area contributed by atoms with Gasteiger partial charge in [0.2, 0.25) is 0 Å². The molecule has 0 fully saturated rings. The maximum Gasteiger partial charge on any atom is 0.460 e. The van der Waals surface area contributed by atoms with Gasteiger partial charge in [0.1, 0.15) is 10.6 Å². The molecule has 2 rings (SSSR count). The van der Waals surface area contributed by atoms with E-state index in [1.807, 2.05) is 0 Å². The van der Waals surface area contributed by atoms with Crippen LogP contribution in [0.1, 0.15) is 17.3 Å². The largest absolute Gasteiger partial charge is 0.462 e. The Morgan fingerprint density at radius 2 is 1.53 bits per heavy atom. The molecule has 1 heterocycles. The number of esters is 1. The van der Waals surface area contributed by atoms with Gasteiger partial charge in [-0.1, -0.05) is 18.2 Å². The SMILES string of the molecule is CCOC(=O)c1c(NC(=O)C(F)(F)C(F)(F)C(F)(F)C(F)(F)F)sc2ccccc12. The maximum absolute atomic E-state index is 13.8. The van der Waals surface area contributed by atoms with E-state index in [1.54, 1.807) is 0 Å². The quantitative estimate of drug-likeness (QED) is 0.452. The first kappa shape index (κ1) is 23.8. The molecule has 30 heavy (non-hydrogen) atoms. The van der Waals surface area contributed by atoms with E-state index in [9.17, 15) is 49.1 Å². The van der Waals surface area contributed by atoms with E-state index in [2.05, 4.69) is 4.74 Å². The number of ether oxygens (including phenoxy) is 1. The first-order chi connectivity index (χ1) is 13.6. The number of hydrogen-bond acceptors (Lipinski definition) is 4. The van der Waals surface area contributed by atoms with Gasteiger partial charge in [-0.3, -0.25) is 4.79 Å². The highest BCUT2D eigenvalue weighted by Crippen LogP contribution is 2.53. The lowest BCUT2D eigenvalue weighted by Gasteiger charge is -2.32. The average molecular weight is 467 g/mol. The number of thiophene rings is 1. The third-order valence-corrected chi connectivity index (χ3v) is 4.82. The Hall–Kier alpha value is -2.51. The minimum Gasteiger partial charge on any atom is -0.462 e. The third-order valence-electron chi connectivity index (χ3n) is 3.73. The van der Waals surface area contributed by atoms with Gasteiger partial charge in [-0.05, 0) is 13.0 Å². The second-order valence-electron chi connectivity index (χ2n) is 5.70. The first-order valence-electron chi connectivity index (χ1n) is 7.79. The number of hydrogen-bond donors (Lipinski definition) is 1. The number of fused-ring (bicyclic) bond motifs is 1. The Balaban J connectivity index is 2.50. The minimum absolute atomic E-state index is 0.0481. The standard InChI is InChI=1S/C16H10F9NO3S/c1-2-29-11(27)9-7-5-3-4-6-8(7)30-10(9)26-12(28)13(17,18)14(19,20)15(21,22)16(23,24)25/h3-6H,2H2,1H3,(H,26,28). The van der Waals surface area contributed by atoms with Crippen molar-refractivity contribution < 1.29 is 53.8 Å². The van der Waals surface area contributed by atoms with Crippen LogP contribution in [0.25, 0.3) is 10.1 Å². The van der Waals surface area contributed by atoms with Gasteiger partial charge in [-0.2, -0.15) is 39.5 Å². The van der Waals surface area contributed by atoms with Crippen molar-refractivity contribution in [1.82, 2.24) is 0 Å². The highest BCUT2D eigenvalue weighted by Gasteiger charge is 2.83. The zero-order valence-electron chi connectivity index (χ0n) is 14.6. The van der Waals surface area contributed by atoms with Crippen LogP contribution in [-0.4, -0.2) is 42.4 Å². The third kappa shape index (κ3) is 3.68. The molecule has 0 spiro atoms. The number of rotatable bonds is 6. The van der Waals surface area contributed by atoms with Crippen LogP contribution in [0.4, 0.5) is 44.5 Å². The molecule has 0 aliphatic carbocycles. The van der Waals surface area contributed by atoms with Crippen LogP contribution in [0.3, 0.4) is 0 Å². The summed E-state index contributed by atoms with van der Waals surface area (Å²) in [5.41, 5.74) is -0.549. The lowest BCUT2D eigenvalue weighted by atomic mass is 10.0. The van der Waals surface area contributed by atoms with Gasteiger partial charge in [0.25, 0.3) is 0 Å². The molecule has 14 heteroatoms. The van der Waals surface area contributed by atoms with Crippen molar-refractivity contribution >= 4 is 38.3 Å². The molecular weight excluding hydrogens is 457 g/mol. The number of alkyl halides is 9. The van der Waals surface area contributed by atoms with Crippen LogP contribution in [0.5, 0.6) is 0 Å². The normalized spacial score (nSPS) is 13.4. The Morgan fingerprint density at radius 1 is 0.967 bits per heavy atom. The van der Waals surface area contributed by atoms with Crippen molar-refractivity contribution in [3.63, 3.8) is 0 Å². The van der Waals surface area contributed by atoms with Gasteiger partial charge in [0.05, 0.1) is 6.61 Å². The van der Waals surface area contributed by atoms with E-state index < -0.39 is 46.4 Å². The molecule has 1 aromatic carbocycles. The van der Waals surface area contributed by atoms with Crippen LogP contribution in [0.2, 0.25) is 0 Å². The number of nitrogens with one attached hydrogen (secondary N) is 1. The summed E-state index contributed by atoms with van der Waals surface area (Å²) >= 11 is 0.425. The number of carbonyl (C=O) groups is 2. The van der Waals surface area contributed by atoms with Gasteiger partial charge >= 0.3 is 35.8 Å². The van der Waals surface area contributed by atoms with E-state index in [0.717, 1.165) is 5.32 Å². The van der Waals surface area contributed by atoms with Crippen LogP contribution in [0.15, 0.2) is 24.3 Å². The molecule has 0 bridgehead atoms. The van der Waals surface area contributed by atoms with E-state index in [1.165, 1.54) is 31.2 Å². The Morgan fingerprint density at radius 3 is 2.07 bits per heavy atom. The van der Waals surface area contributed by atoms with Crippen molar-refractivity contribution in [3.05, 3.63) is 29.8 Å². The monoisotopic (exact) mass is 467 g/mol. The molecule has 0 unspecified atom stereocenters. The zero-order valence-corrected chi connectivity index (χ0v) is 15.4. The van der Waals surface area contributed by atoms with Gasteiger partial charge in [-0.25, -0.2) is 4.79 Å². The first-order valence-corrected chi connectivity index (χ1v) is 8.61. The average Bonchev–Trinajstić information content (AvgIpc) is 2.98. The van der Waals surface area contributed by atoms with Gasteiger partial charge < -0.3 is 10.1 Å². The highest BCUT2D eigenvalue weighted by molar-refractivity contribution is 7.23. The topological polar surface area (TPSA) is 55.4 Å². The summed E-state index contributed by atoms with van der Waals surface area (Å²) in [6.45, 7) is 1.17. The zero-order chi connectivity index (χ0) is 23.1. The fraction of sp³-hybridized carbons (Fsp3) is 0.375. The molecular formula is C16H10F9NO3S. The highest BCUT2D eigenvalue weighted by atomic mass is 32.1. The van der Waals surface area contributed by atoms with Crippen LogP contribution >= 0.6 is 11.3 Å². The number of anilines is 1. The Bertz CT molecular complexity index is 969. The van der Waals surface area contributed by atoms with E-state index in [-0.39, 0.29) is 16.7 Å². The van der Waals surface area contributed by atoms with Crippen molar-refractivity contribution in [3.8, 4) is 0 Å². The van der Waals surface area contributed by atoms with E-state index in [0.29, 0.717) is 11.3 Å². The van der Waals surface area contributed by atoms with Crippen molar-refractivity contribution in [2.75, 3.05) is 11.9 Å². The summed E-state index contributed by atoms with van der Waals surface area (Å²) in [7, 11) is 0. The summed E-state index contributed by atoms with van der Waals surface area (Å²) in [6.07, 6.45) is -7.06. The second-order valence-corrected chi connectivity index (χ2v) is 6.75. The molecule has 0 saturated heterocycles. The lowest BCUT2D eigenvalue weighted by molar-refractivity contribution is -0.388. The van der Waals surface area contributed by atoms with Crippen LogP contribution in [-0.2, 0) is 9.53 Å². The Labute approximate surface area is 165 Å². The summed E-state index contributed by atoms with van der Waals surface area (Å²) < 4.78 is 122.